The predicted molar refractivity (Wildman–Crippen MR) is 98.4 cm³/mol. The summed E-state index contributed by atoms with van der Waals surface area (Å²) in [6.45, 7) is 1.21. The van der Waals surface area contributed by atoms with E-state index in [4.69, 9.17) is 9.47 Å². The van der Waals surface area contributed by atoms with E-state index in [0.717, 1.165) is 30.6 Å². The summed E-state index contributed by atoms with van der Waals surface area (Å²) < 4.78 is 10.0. The fourth-order valence-corrected chi connectivity index (χ4v) is 4.25. The van der Waals surface area contributed by atoms with E-state index in [1.165, 1.54) is 4.90 Å². The number of hydrogen-bond donors (Lipinski definition) is 1. The monoisotopic (exact) mass is 409 g/mol. The lowest BCUT2D eigenvalue weighted by Gasteiger charge is -2.33. The maximum atomic E-state index is 12.5. The minimum atomic E-state index is -0.895. The van der Waals surface area contributed by atoms with Crippen molar-refractivity contribution in [2.24, 2.45) is 0 Å². The van der Waals surface area contributed by atoms with Gasteiger partial charge in [-0.1, -0.05) is 12.8 Å². The number of hydrogen-bond acceptors (Lipinski definition) is 7. The Labute approximate surface area is 168 Å². The van der Waals surface area contributed by atoms with Crippen LogP contribution >= 0.6 is 0 Å². The third-order valence-corrected chi connectivity index (χ3v) is 5.73. The quantitative estimate of drug-likeness (QED) is 0.496. The number of carbonyl (C=O) groups excluding carboxylic acids is 5. The van der Waals surface area contributed by atoms with E-state index in [0.29, 0.717) is 25.8 Å². The number of urea groups is 1. The molecule has 1 aliphatic carbocycles. The zero-order valence-corrected chi connectivity index (χ0v) is 16.6. The zero-order valence-electron chi connectivity index (χ0n) is 16.6. The minimum absolute atomic E-state index is 0.222. The van der Waals surface area contributed by atoms with Gasteiger partial charge in [0.25, 0.3) is 11.8 Å². The van der Waals surface area contributed by atoms with Crippen LogP contribution in [0.1, 0.15) is 51.9 Å². The van der Waals surface area contributed by atoms with Crippen molar-refractivity contribution in [3.05, 3.63) is 0 Å². The Balaban J connectivity index is 1.52. The highest BCUT2D eigenvalue weighted by molar-refractivity contribution is 6.08. The summed E-state index contributed by atoms with van der Waals surface area (Å²) in [5, 5.41) is 2.68. The number of ether oxygens (including phenoxy) is 2. The number of amides is 4. The van der Waals surface area contributed by atoms with Crippen molar-refractivity contribution in [3.8, 4) is 0 Å². The lowest BCUT2D eigenvalue weighted by Crippen LogP contribution is -2.50. The van der Waals surface area contributed by atoms with Crippen molar-refractivity contribution < 1.29 is 33.4 Å². The molecule has 0 aromatic heterocycles. The van der Waals surface area contributed by atoms with Crippen LogP contribution in [-0.4, -0.2) is 77.5 Å². The van der Waals surface area contributed by atoms with Crippen LogP contribution in [0.5, 0.6) is 0 Å². The standard InChI is InChI=1S/C19H27N3O7/c1-2-28-16(25)13-7-3-6-10-21(13)14(23)12-29-15(24)11-22-17(26)19(20-18(22)27)8-4-5-9-19/h13H,2-12H2,1H3,(H,20,27)/t13-/m1/s1. The molecule has 0 aromatic carbocycles. The maximum absolute atomic E-state index is 12.5. The number of nitrogens with one attached hydrogen (secondary N) is 1. The van der Waals surface area contributed by atoms with Gasteiger partial charge < -0.3 is 19.7 Å². The molecule has 0 aromatic rings. The van der Waals surface area contributed by atoms with E-state index in [1.807, 2.05) is 0 Å². The van der Waals surface area contributed by atoms with E-state index in [-0.39, 0.29) is 6.61 Å². The highest BCUT2D eigenvalue weighted by atomic mass is 16.5. The molecule has 160 valence electrons. The molecule has 0 radical (unpaired) electrons. The minimum Gasteiger partial charge on any atom is -0.464 e. The average Bonchev–Trinajstić information content (AvgIpc) is 3.27. The summed E-state index contributed by atoms with van der Waals surface area (Å²) in [5.74, 6) is -2.23. The molecule has 10 nitrogen and oxygen atoms in total. The molecule has 1 saturated carbocycles. The summed E-state index contributed by atoms with van der Waals surface area (Å²) in [6.07, 6.45) is 4.87. The Kier molecular flexibility index (Phi) is 6.39. The predicted octanol–water partition coefficient (Wildman–Crippen LogP) is 0.338. The van der Waals surface area contributed by atoms with Gasteiger partial charge in [-0.3, -0.25) is 19.3 Å². The van der Waals surface area contributed by atoms with Crippen LogP contribution < -0.4 is 5.32 Å². The first kappa shape index (κ1) is 21.1. The number of nitrogens with zero attached hydrogens (tertiary/aromatic N) is 2. The molecule has 3 aliphatic rings. The fraction of sp³-hybridized carbons (Fsp3) is 0.737. The smallest absolute Gasteiger partial charge is 0.328 e. The van der Waals surface area contributed by atoms with Gasteiger partial charge in [0, 0.05) is 6.54 Å². The summed E-state index contributed by atoms with van der Waals surface area (Å²) in [5.41, 5.74) is -0.895. The SMILES string of the molecule is CCOC(=O)[C@H]1CCCCN1C(=O)COC(=O)CN1C(=O)NC2(CCCC2)C1=O. The van der Waals surface area contributed by atoms with Gasteiger partial charge in [-0.25, -0.2) is 9.59 Å². The number of piperidine rings is 1. The van der Waals surface area contributed by atoms with Gasteiger partial charge in [0.2, 0.25) is 0 Å². The van der Waals surface area contributed by atoms with Gasteiger partial charge in [0.05, 0.1) is 6.61 Å². The van der Waals surface area contributed by atoms with E-state index in [1.54, 1.807) is 6.92 Å². The second-order valence-electron chi connectivity index (χ2n) is 7.62. The number of imide groups is 1. The van der Waals surface area contributed by atoms with Crippen LogP contribution in [0, 0.1) is 0 Å². The van der Waals surface area contributed by atoms with E-state index < -0.39 is 54.5 Å². The first-order valence-corrected chi connectivity index (χ1v) is 10.1. The van der Waals surface area contributed by atoms with Crippen LogP contribution in [0.15, 0.2) is 0 Å². The number of rotatable bonds is 6. The summed E-state index contributed by atoms with van der Waals surface area (Å²) >= 11 is 0. The molecule has 1 spiro atoms. The Morgan fingerprint density at radius 3 is 2.52 bits per heavy atom. The molecule has 0 bridgehead atoms. The molecule has 10 heteroatoms. The fourth-order valence-electron chi connectivity index (χ4n) is 4.25. The number of likely N-dealkylation sites (tertiary alicyclic amines) is 1. The average molecular weight is 409 g/mol. The Hall–Kier alpha value is -2.65. The zero-order chi connectivity index (χ0) is 21.0. The van der Waals surface area contributed by atoms with Crippen molar-refractivity contribution in [2.45, 2.75) is 63.5 Å². The molecule has 4 amide bonds. The van der Waals surface area contributed by atoms with Gasteiger partial charge in [0.1, 0.15) is 18.1 Å². The molecule has 2 heterocycles. The van der Waals surface area contributed by atoms with E-state index in [9.17, 15) is 24.0 Å². The van der Waals surface area contributed by atoms with Crippen molar-refractivity contribution in [2.75, 3.05) is 26.3 Å². The molecule has 29 heavy (non-hydrogen) atoms. The maximum Gasteiger partial charge on any atom is 0.328 e. The van der Waals surface area contributed by atoms with Crippen molar-refractivity contribution in [1.29, 1.82) is 0 Å². The first-order chi connectivity index (χ1) is 13.9. The molecular weight excluding hydrogens is 382 g/mol. The first-order valence-electron chi connectivity index (χ1n) is 10.1. The topological polar surface area (TPSA) is 122 Å². The Morgan fingerprint density at radius 2 is 1.83 bits per heavy atom. The summed E-state index contributed by atoms with van der Waals surface area (Å²) in [6, 6.07) is -1.29. The second-order valence-corrected chi connectivity index (χ2v) is 7.62. The van der Waals surface area contributed by atoms with E-state index >= 15 is 0 Å². The summed E-state index contributed by atoms with van der Waals surface area (Å²) in [7, 11) is 0. The van der Waals surface area contributed by atoms with Crippen molar-refractivity contribution in [1.82, 2.24) is 15.1 Å². The molecule has 1 N–H and O–H groups in total. The molecule has 2 saturated heterocycles. The van der Waals surface area contributed by atoms with Crippen LogP contribution in [0.25, 0.3) is 0 Å². The van der Waals surface area contributed by atoms with Crippen molar-refractivity contribution in [3.63, 3.8) is 0 Å². The molecular formula is C19H27N3O7. The van der Waals surface area contributed by atoms with Gasteiger partial charge in [-0.05, 0) is 39.0 Å². The summed E-state index contributed by atoms with van der Waals surface area (Å²) in [4.78, 5) is 63.6. The van der Waals surface area contributed by atoms with Gasteiger partial charge in [0.15, 0.2) is 6.61 Å². The third-order valence-electron chi connectivity index (χ3n) is 5.73. The van der Waals surface area contributed by atoms with E-state index in [2.05, 4.69) is 5.32 Å². The normalized spacial score (nSPS) is 23.3. The largest absolute Gasteiger partial charge is 0.464 e. The third kappa shape index (κ3) is 4.35. The van der Waals surface area contributed by atoms with Crippen LogP contribution in [0.4, 0.5) is 4.79 Å². The second kappa shape index (κ2) is 8.79. The van der Waals surface area contributed by atoms with Gasteiger partial charge in [-0.15, -0.1) is 0 Å². The Bertz CT molecular complexity index is 702. The number of carbonyl (C=O) groups is 5. The van der Waals surface area contributed by atoms with Crippen LogP contribution in [-0.2, 0) is 28.7 Å². The van der Waals surface area contributed by atoms with Crippen LogP contribution in [0.3, 0.4) is 0 Å². The lowest BCUT2D eigenvalue weighted by atomic mass is 9.98. The molecule has 3 rings (SSSR count). The molecule has 3 fully saturated rings. The molecule has 0 unspecified atom stereocenters. The van der Waals surface area contributed by atoms with Crippen LogP contribution in [0.2, 0.25) is 0 Å². The van der Waals surface area contributed by atoms with Gasteiger partial charge >= 0.3 is 18.0 Å². The lowest BCUT2D eigenvalue weighted by molar-refractivity contribution is -0.161. The number of esters is 2. The van der Waals surface area contributed by atoms with Crippen molar-refractivity contribution >= 4 is 29.8 Å². The Morgan fingerprint density at radius 1 is 1.10 bits per heavy atom. The molecule has 1 atom stereocenters. The highest BCUT2D eigenvalue weighted by Gasteiger charge is 2.52. The van der Waals surface area contributed by atoms with Gasteiger partial charge in [-0.2, -0.15) is 0 Å². The molecule has 2 aliphatic heterocycles. The highest BCUT2D eigenvalue weighted by Crippen LogP contribution is 2.34.